The molecule has 3 saturated heterocycles. The van der Waals surface area contributed by atoms with Gasteiger partial charge in [0.25, 0.3) is 0 Å². The Bertz CT molecular complexity index is 408. The molecule has 3 aliphatic heterocycles. The van der Waals surface area contributed by atoms with E-state index in [9.17, 15) is 0 Å². The number of hydrogen-bond donors (Lipinski definition) is 0. The van der Waals surface area contributed by atoms with Crippen LogP contribution in [0.15, 0.2) is 30.3 Å². The lowest BCUT2D eigenvalue weighted by molar-refractivity contribution is 0.0910. The molecule has 0 bridgehead atoms. The molecular weight excluding hydrogens is 232 g/mol. The summed E-state index contributed by atoms with van der Waals surface area (Å²) in [5, 5.41) is 0. The van der Waals surface area contributed by atoms with Crippen molar-refractivity contribution in [1.82, 2.24) is 9.80 Å². The van der Waals surface area contributed by atoms with Crippen molar-refractivity contribution in [1.29, 1.82) is 0 Å². The van der Waals surface area contributed by atoms with E-state index in [1.54, 1.807) is 0 Å². The average molecular weight is 256 g/mol. The van der Waals surface area contributed by atoms with Crippen molar-refractivity contribution >= 4 is 0 Å². The fourth-order valence-electron chi connectivity index (χ4n) is 4.59. The Balaban J connectivity index is 1.71. The number of nitrogens with zero attached hydrogens (tertiary/aromatic N) is 2. The third-order valence-electron chi connectivity index (χ3n) is 5.35. The van der Waals surface area contributed by atoms with Crippen LogP contribution in [0.4, 0.5) is 0 Å². The predicted octanol–water partition coefficient (Wildman–Crippen LogP) is 3.41. The maximum atomic E-state index is 2.81. The zero-order valence-electron chi connectivity index (χ0n) is 11.7. The second kappa shape index (κ2) is 4.92. The van der Waals surface area contributed by atoms with E-state index in [1.165, 1.54) is 57.2 Å². The number of rotatable bonds is 1. The Labute approximate surface area is 116 Å². The molecule has 3 aliphatic rings. The Morgan fingerprint density at radius 3 is 1.89 bits per heavy atom. The smallest absolute Gasteiger partial charge is 0.0892 e. The van der Waals surface area contributed by atoms with Gasteiger partial charge in [0.15, 0.2) is 0 Å². The third-order valence-corrected chi connectivity index (χ3v) is 5.35. The molecule has 0 amide bonds. The molecule has 102 valence electrons. The summed E-state index contributed by atoms with van der Waals surface area (Å²) in [5.74, 6) is 0. The van der Waals surface area contributed by atoms with Crippen molar-refractivity contribution < 1.29 is 0 Å². The van der Waals surface area contributed by atoms with E-state index >= 15 is 0 Å². The van der Waals surface area contributed by atoms with Gasteiger partial charge in [0, 0.05) is 25.2 Å². The minimum atomic E-state index is 0.566. The van der Waals surface area contributed by atoms with Gasteiger partial charge >= 0.3 is 0 Å². The Morgan fingerprint density at radius 1 is 0.737 bits per heavy atom. The van der Waals surface area contributed by atoms with Crippen LogP contribution in [0, 0.1) is 0 Å². The monoisotopic (exact) mass is 256 g/mol. The molecule has 3 heterocycles. The molecule has 3 fully saturated rings. The molecule has 19 heavy (non-hydrogen) atoms. The average Bonchev–Trinajstić information content (AvgIpc) is 2.83. The van der Waals surface area contributed by atoms with E-state index in [0.717, 1.165) is 12.1 Å². The molecule has 2 nitrogen and oxygen atoms in total. The highest BCUT2D eigenvalue weighted by Crippen LogP contribution is 2.44. The van der Waals surface area contributed by atoms with Crippen molar-refractivity contribution in [2.24, 2.45) is 0 Å². The fourth-order valence-corrected chi connectivity index (χ4v) is 4.59. The number of hydrogen-bond acceptors (Lipinski definition) is 2. The van der Waals surface area contributed by atoms with Gasteiger partial charge in [0.2, 0.25) is 0 Å². The summed E-state index contributed by atoms with van der Waals surface area (Å²) in [6.45, 7) is 2.61. The van der Waals surface area contributed by atoms with Crippen molar-refractivity contribution in [2.45, 2.75) is 56.8 Å². The zero-order chi connectivity index (χ0) is 12.7. The van der Waals surface area contributed by atoms with Crippen molar-refractivity contribution in [3.05, 3.63) is 35.9 Å². The van der Waals surface area contributed by atoms with Gasteiger partial charge in [-0.3, -0.25) is 9.80 Å². The Kier molecular flexibility index (Phi) is 3.08. The molecule has 1 aromatic rings. The van der Waals surface area contributed by atoms with Crippen LogP contribution in [0.5, 0.6) is 0 Å². The van der Waals surface area contributed by atoms with Crippen LogP contribution in [-0.4, -0.2) is 35.0 Å². The van der Waals surface area contributed by atoms with Gasteiger partial charge < -0.3 is 0 Å². The summed E-state index contributed by atoms with van der Waals surface area (Å²) in [6, 6.07) is 12.9. The van der Waals surface area contributed by atoms with Gasteiger partial charge in [-0.25, -0.2) is 0 Å². The second-order valence-electron chi connectivity index (χ2n) is 6.39. The van der Waals surface area contributed by atoms with Gasteiger partial charge in [0.05, 0.1) is 6.17 Å². The topological polar surface area (TPSA) is 6.48 Å². The van der Waals surface area contributed by atoms with Gasteiger partial charge in [-0.15, -0.1) is 0 Å². The second-order valence-corrected chi connectivity index (χ2v) is 6.39. The number of fused-ring (bicyclic) bond motifs is 3. The lowest BCUT2D eigenvalue weighted by atomic mass is 9.92. The third kappa shape index (κ3) is 1.93. The van der Waals surface area contributed by atoms with Crippen LogP contribution in [0.3, 0.4) is 0 Å². The number of benzene rings is 1. The van der Waals surface area contributed by atoms with Gasteiger partial charge in [0.1, 0.15) is 0 Å². The van der Waals surface area contributed by atoms with E-state index in [2.05, 4.69) is 40.1 Å². The van der Waals surface area contributed by atoms with E-state index < -0.39 is 0 Å². The summed E-state index contributed by atoms with van der Waals surface area (Å²) in [7, 11) is 0. The summed E-state index contributed by atoms with van der Waals surface area (Å²) >= 11 is 0. The predicted molar refractivity (Wildman–Crippen MR) is 77.9 cm³/mol. The highest BCUT2D eigenvalue weighted by atomic mass is 15.5. The molecule has 0 radical (unpaired) electrons. The molecule has 0 aromatic heterocycles. The highest BCUT2D eigenvalue weighted by Gasteiger charge is 2.48. The summed E-state index contributed by atoms with van der Waals surface area (Å²) in [6.07, 6.45) is 9.06. The van der Waals surface area contributed by atoms with Crippen molar-refractivity contribution in [3.63, 3.8) is 0 Å². The van der Waals surface area contributed by atoms with Crippen LogP contribution in [-0.2, 0) is 0 Å². The number of piperidine rings is 2. The maximum Gasteiger partial charge on any atom is 0.0892 e. The Morgan fingerprint density at radius 2 is 1.32 bits per heavy atom. The van der Waals surface area contributed by atoms with Gasteiger partial charge in [-0.1, -0.05) is 43.2 Å². The first-order valence-electron chi connectivity index (χ1n) is 8.01. The van der Waals surface area contributed by atoms with E-state index in [0.29, 0.717) is 6.17 Å². The quantitative estimate of drug-likeness (QED) is 0.760. The van der Waals surface area contributed by atoms with Crippen molar-refractivity contribution in [3.8, 4) is 0 Å². The van der Waals surface area contributed by atoms with Crippen LogP contribution in [0.1, 0.15) is 50.3 Å². The normalized spacial score (nSPS) is 35.9. The molecule has 0 spiro atoms. The Hall–Kier alpha value is -0.860. The first-order valence-corrected chi connectivity index (χ1v) is 8.01. The lowest BCUT2D eigenvalue weighted by Gasteiger charge is -2.35. The van der Waals surface area contributed by atoms with E-state index in [4.69, 9.17) is 0 Å². The molecule has 3 atom stereocenters. The first kappa shape index (κ1) is 11.9. The van der Waals surface area contributed by atoms with Crippen molar-refractivity contribution in [2.75, 3.05) is 13.1 Å². The molecule has 1 aromatic carbocycles. The first-order chi connectivity index (χ1) is 9.45. The van der Waals surface area contributed by atoms with Gasteiger partial charge in [-0.05, 0) is 31.2 Å². The van der Waals surface area contributed by atoms with E-state index in [-0.39, 0.29) is 0 Å². The summed E-state index contributed by atoms with van der Waals surface area (Å²) in [4.78, 5) is 5.63. The van der Waals surface area contributed by atoms with E-state index in [1.807, 2.05) is 0 Å². The largest absolute Gasteiger partial charge is 0.280 e. The summed E-state index contributed by atoms with van der Waals surface area (Å²) in [5.41, 5.74) is 1.51. The van der Waals surface area contributed by atoms with Crippen LogP contribution < -0.4 is 0 Å². The van der Waals surface area contributed by atoms with Crippen LogP contribution in [0.25, 0.3) is 0 Å². The molecular formula is C17H24N2. The SMILES string of the molecule is c1ccc(C2N3CCCC[C@@H]3[C@@H]3CCCCN23)cc1. The van der Waals surface area contributed by atoms with Gasteiger partial charge in [-0.2, -0.15) is 0 Å². The highest BCUT2D eigenvalue weighted by molar-refractivity contribution is 5.22. The molecule has 1 unspecified atom stereocenters. The van der Waals surface area contributed by atoms with Crippen LogP contribution >= 0.6 is 0 Å². The maximum absolute atomic E-state index is 2.81. The standard InChI is InChI=1S/C17H24N2/c1-2-8-14(9-3-1)17-18-12-6-4-10-15(18)16-11-5-7-13-19(16)17/h1-3,8-9,15-17H,4-7,10-13H2/t15-,16+,17?. The lowest BCUT2D eigenvalue weighted by Crippen LogP contribution is -2.41. The minimum absolute atomic E-state index is 0.566. The summed E-state index contributed by atoms with van der Waals surface area (Å²) < 4.78 is 0. The molecule has 0 saturated carbocycles. The molecule has 0 N–H and O–H groups in total. The minimum Gasteiger partial charge on any atom is -0.280 e. The van der Waals surface area contributed by atoms with Crippen LogP contribution in [0.2, 0.25) is 0 Å². The fraction of sp³-hybridized carbons (Fsp3) is 0.647. The molecule has 0 aliphatic carbocycles. The molecule has 4 rings (SSSR count). The molecule has 2 heteroatoms. The zero-order valence-corrected chi connectivity index (χ0v) is 11.7.